The third kappa shape index (κ3) is 3.06. The van der Waals surface area contributed by atoms with Gasteiger partial charge in [0.1, 0.15) is 5.82 Å². The average molecular weight is 262 g/mol. The van der Waals surface area contributed by atoms with Crippen molar-refractivity contribution < 1.29 is 9.90 Å². The summed E-state index contributed by atoms with van der Waals surface area (Å²) in [7, 11) is 0. The molecule has 1 aliphatic rings. The van der Waals surface area contributed by atoms with Crippen LogP contribution in [0.3, 0.4) is 0 Å². The van der Waals surface area contributed by atoms with Gasteiger partial charge in [-0.1, -0.05) is 13.3 Å². The normalized spacial score (nSPS) is 19.5. The lowest BCUT2D eigenvalue weighted by molar-refractivity contribution is 0.0695. The van der Waals surface area contributed by atoms with Gasteiger partial charge in [-0.25, -0.2) is 9.78 Å². The standard InChI is InChI=1S/C15H22N2O2/c1-3-6-12-7-4-5-10-17(12)14-9-8-13(15(18)19)11(2)16-14/h8-9,12H,3-7,10H2,1-2H3,(H,18,19). The summed E-state index contributed by atoms with van der Waals surface area (Å²) in [5, 5.41) is 9.05. The van der Waals surface area contributed by atoms with Crippen molar-refractivity contribution in [3.8, 4) is 0 Å². The summed E-state index contributed by atoms with van der Waals surface area (Å²) < 4.78 is 0. The number of piperidine rings is 1. The van der Waals surface area contributed by atoms with E-state index in [4.69, 9.17) is 5.11 Å². The van der Waals surface area contributed by atoms with E-state index in [9.17, 15) is 4.79 Å². The molecule has 1 atom stereocenters. The first-order valence-corrected chi connectivity index (χ1v) is 7.11. The summed E-state index contributed by atoms with van der Waals surface area (Å²) in [5.74, 6) is 0.0287. The molecule has 4 nitrogen and oxygen atoms in total. The van der Waals surface area contributed by atoms with E-state index in [-0.39, 0.29) is 0 Å². The first-order chi connectivity index (χ1) is 9.13. The molecule has 0 spiro atoms. The van der Waals surface area contributed by atoms with Crippen molar-refractivity contribution in [1.29, 1.82) is 0 Å². The molecule has 0 aromatic carbocycles. The highest BCUT2D eigenvalue weighted by Crippen LogP contribution is 2.26. The van der Waals surface area contributed by atoms with Crippen LogP contribution >= 0.6 is 0 Å². The van der Waals surface area contributed by atoms with E-state index in [1.165, 1.54) is 32.1 Å². The molecule has 1 aromatic heterocycles. The summed E-state index contributed by atoms with van der Waals surface area (Å²) in [4.78, 5) is 17.9. The average Bonchev–Trinajstić information content (AvgIpc) is 2.39. The van der Waals surface area contributed by atoms with Crippen LogP contribution in [0.1, 0.15) is 55.1 Å². The number of carbonyl (C=O) groups is 1. The van der Waals surface area contributed by atoms with Crippen LogP contribution in [-0.4, -0.2) is 28.6 Å². The Hall–Kier alpha value is -1.58. The van der Waals surface area contributed by atoms with Crippen molar-refractivity contribution in [2.45, 2.75) is 52.0 Å². The first kappa shape index (κ1) is 13.8. The Bertz CT molecular complexity index is 457. The molecule has 4 heteroatoms. The number of aromatic nitrogens is 1. The highest BCUT2D eigenvalue weighted by Gasteiger charge is 2.23. The van der Waals surface area contributed by atoms with Crippen molar-refractivity contribution >= 4 is 11.8 Å². The predicted octanol–water partition coefficient (Wildman–Crippen LogP) is 3.25. The lowest BCUT2D eigenvalue weighted by atomic mass is 9.98. The molecular formula is C15H22N2O2. The first-order valence-electron chi connectivity index (χ1n) is 7.11. The number of hydrogen-bond acceptors (Lipinski definition) is 3. The van der Waals surface area contributed by atoms with Gasteiger partial charge >= 0.3 is 5.97 Å². The number of anilines is 1. The Labute approximate surface area is 114 Å². The molecule has 1 N–H and O–H groups in total. The second-order valence-corrected chi connectivity index (χ2v) is 5.24. The van der Waals surface area contributed by atoms with Gasteiger partial charge in [0, 0.05) is 12.6 Å². The van der Waals surface area contributed by atoms with Crippen molar-refractivity contribution in [3.63, 3.8) is 0 Å². The number of hydrogen-bond donors (Lipinski definition) is 1. The number of pyridine rings is 1. The van der Waals surface area contributed by atoms with E-state index >= 15 is 0 Å². The predicted molar refractivity (Wildman–Crippen MR) is 75.8 cm³/mol. The van der Waals surface area contributed by atoms with Crippen LogP contribution in [0.2, 0.25) is 0 Å². The highest BCUT2D eigenvalue weighted by atomic mass is 16.4. The second kappa shape index (κ2) is 6.04. The van der Waals surface area contributed by atoms with E-state index < -0.39 is 5.97 Å². The molecule has 2 rings (SSSR count). The van der Waals surface area contributed by atoms with Gasteiger partial charge in [0.15, 0.2) is 0 Å². The van der Waals surface area contributed by atoms with Gasteiger partial charge < -0.3 is 10.0 Å². The Morgan fingerprint density at radius 2 is 2.26 bits per heavy atom. The molecule has 104 valence electrons. The van der Waals surface area contributed by atoms with E-state index in [2.05, 4.69) is 16.8 Å². The van der Waals surface area contributed by atoms with Gasteiger partial charge in [-0.2, -0.15) is 0 Å². The molecule has 1 aliphatic heterocycles. The van der Waals surface area contributed by atoms with E-state index in [0.29, 0.717) is 17.3 Å². The Morgan fingerprint density at radius 1 is 1.47 bits per heavy atom. The highest BCUT2D eigenvalue weighted by molar-refractivity contribution is 5.89. The maximum absolute atomic E-state index is 11.0. The van der Waals surface area contributed by atoms with Crippen molar-refractivity contribution in [1.82, 2.24) is 4.98 Å². The topological polar surface area (TPSA) is 53.4 Å². The van der Waals surface area contributed by atoms with Crippen LogP contribution in [0, 0.1) is 6.92 Å². The molecule has 1 unspecified atom stereocenters. The van der Waals surface area contributed by atoms with Gasteiger partial charge in [-0.3, -0.25) is 0 Å². The smallest absolute Gasteiger partial charge is 0.337 e. The van der Waals surface area contributed by atoms with Gasteiger partial charge in [0.2, 0.25) is 0 Å². The molecular weight excluding hydrogens is 240 g/mol. The summed E-state index contributed by atoms with van der Waals surface area (Å²) in [6, 6.07) is 4.09. The van der Waals surface area contributed by atoms with Crippen LogP contribution in [-0.2, 0) is 0 Å². The van der Waals surface area contributed by atoms with Gasteiger partial charge in [0.05, 0.1) is 11.3 Å². The maximum Gasteiger partial charge on any atom is 0.337 e. The number of carboxylic acids is 1. The third-order valence-corrected chi connectivity index (χ3v) is 3.84. The number of aromatic carboxylic acids is 1. The molecule has 0 amide bonds. The summed E-state index contributed by atoms with van der Waals surface area (Å²) in [6.45, 7) is 5.01. The van der Waals surface area contributed by atoms with E-state index in [0.717, 1.165) is 12.4 Å². The minimum atomic E-state index is -0.902. The quantitative estimate of drug-likeness (QED) is 0.905. The fourth-order valence-corrected chi connectivity index (χ4v) is 2.87. The third-order valence-electron chi connectivity index (χ3n) is 3.84. The zero-order chi connectivity index (χ0) is 13.8. The SMILES string of the molecule is CCCC1CCCCN1c1ccc(C(=O)O)c(C)n1. The monoisotopic (exact) mass is 262 g/mol. The van der Waals surface area contributed by atoms with Crippen molar-refractivity contribution in [3.05, 3.63) is 23.4 Å². The molecule has 2 heterocycles. The van der Waals surface area contributed by atoms with Crippen LogP contribution in [0.4, 0.5) is 5.82 Å². The number of carboxylic acid groups (broad SMARTS) is 1. The van der Waals surface area contributed by atoms with E-state index in [1.54, 1.807) is 13.0 Å². The molecule has 1 aromatic rings. The lowest BCUT2D eigenvalue weighted by Gasteiger charge is -2.37. The van der Waals surface area contributed by atoms with Crippen LogP contribution in [0.15, 0.2) is 12.1 Å². The molecule has 0 radical (unpaired) electrons. The molecule has 0 saturated carbocycles. The van der Waals surface area contributed by atoms with Gasteiger partial charge in [-0.15, -0.1) is 0 Å². The maximum atomic E-state index is 11.0. The largest absolute Gasteiger partial charge is 0.478 e. The van der Waals surface area contributed by atoms with Crippen molar-refractivity contribution in [2.24, 2.45) is 0 Å². The van der Waals surface area contributed by atoms with E-state index in [1.807, 2.05) is 6.07 Å². The Balaban J connectivity index is 2.24. The minimum absolute atomic E-state index is 0.299. The molecule has 0 bridgehead atoms. The fraction of sp³-hybridized carbons (Fsp3) is 0.600. The lowest BCUT2D eigenvalue weighted by Crippen LogP contribution is -2.40. The zero-order valence-electron chi connectivity index (χ0n) is 11.7. The number of nitrogens with zero attached hydrogens (tertiary/aromatic N) is 2. The summed E-state index contributed by atoms with van der Waals surface area (Å²) >= 11 is 0. The zero-order valence-corrected chi connectivity index (χ0v) is 11.7. The minimum Gasteiger partial charge on any atom is -0.478 e. The molecule has 0 aliphatic carbocycles. The van der Waals surface area contributed by atoms with Crippen LogP contribution in [0.5, 0.6) is 0 Å². The fourth-order valence-electron chi connectivity index (χ4n) is 2.87. The molecule has 19 heavy (non-hydrogen) atoms. The second-order valence-electron chi connectivity index (χ2n) is 5.24. The summed E-state index contributed by atoms with van der Waals surface area (Å²) in [6.07, 6.45) is 6.05. The number of aryl methyl sites for hydroxylation is 1. The molecule has 1 saturated heterocycles. The Morgan fingerprint density at radius 3 is 2.89 bits per heavy atom. The summed E-state index contributed by atoms with van der Waals surface area (Å²) in [5.41, 5.74) is 0.902. The van der Waals surface area contributed by atoms with Crippen LogP contribution in [0.25, 0.3) is 0 Å². The molecule has 1 fully saturated rings. The number of rotatable bonds is 4. The van der Waals surface area contributed by atoms with Gasteiger partial charge in [-0.05, 0) is 44.7 Å². The Kier molecular flexibility index (Phi) is 4.40. The van der Waals surface area contributed by atoms with Crippen molar-refractivity contribution in [2.75, 3.05) is 11.4 Å². The van der Waals surface area contributed by atoms with Crippen LogP contribution < -0.4 is 4.90 Å². The van der Waals surface area contributed by atoms with Gasteiger partial charge in [0.25, 0.3) is 0 Å².